The van der Waals surface area contributed by atoms with Crippen LogP contribution in [-0.4, -0.2) is 34.7 Å². The molecular formula is C23H23FN4O3. The quantitative estimate of drug-likeness (QED) is 0.677. The molecule has 0 unspecified atom stereocenters. The van der Waals surface area contributed by atoms with Crippen LogP contribution in [-0.2, 0) is 11.8 Å². The highest BCUT2D eigenvalue weighted by molar-refractivity contribution is 6.04. The van der Waals surface area contributed by atoms with Crippen LogP contribution in [0.25, 0.3) is 0 Å². The molecule has 8 heteroatoms. The largest absolute Gasteiger partial charge is 0.494 e. The molecule has 0 aliphatic carbocycles. The number of hydrogen-bond acceptors (Lipinski definition) is 4. The van der Waals surface area contributed by atoms with Gasteiger partial charge in [0, 0.05) is 24.1 Å². The molecule has 1 aliphatic rings. The van der Waals surface area contributed by atoms with Gasteiger partial charge in [0.05, 0.1) is 12.8 Å². The lowest BCUT2D eigenvalue weighted by atomic mass is 9.81. The predicted molar refractivity (Wildman–Crippen MR) is 114 cm³/mol. The molecule has 4 rings (SSSR count). The first kappa shape index (κ1) is 20.6. The van der Waals surface area contributed by atoms with Gasteiger partial charge in [-0.1, -0.05) is 23.8 Å². The Balaban J connectivity index is 1.80. The van der Waals surface area contributed by atoms with E-state index >= 15 is 0 Å². The summed E-state index contributed by atoms with van der Waals surface area (Å²) in [5.74, 6) is -1.30. The van der Waals surface area contributed by atoms with Gasteiger partial charge in [-0.3, -0.25) is 14.3 Å². The Morgan fingerprint density at radius 3 is 2.68 bits per heavy atom. The SMILES string of the molecule is COc1ccc([C@H]2c3c(C)nn(C)c3NC(=O)[C@@H]2NC(=O)c2cccc(C)c2)cc1F. The van der Waals surface area contributed by atoms with Crippen LogP contribution in [0.5, 0.6) is 5.75 Å². The van der Waals surface area contributed by atoms with Crippen LogP contribution in [0.1, 0.15) is 38.7 Å². The maximum Gasteiger partial charge on any atom is 0.251 e. The van der Waals surface area contributed by atoms with E-state index in [0.29, 0.717) is 22.6 Å². The summed E-state index contributed by atoms with van der Waals surface area (Å²) in [6.45, 7) is 3.71. The number of nitrogens with zero attached hydrogens (tertiary/aromatic N) is 2. The van der Waals surface area contributed by atoms with Gasteiger partial charge in [-0.05, 0) is 43.7 Å². The third-order valence-electron chi connectivity index (χ3n) is 5.54. The number of aryl methyl sites for hydroxylation is 3. The Kier molecular flexibility index (Phi) is 5.22. The lowest BCUT2D eigenvalue weighted by Gasteiger charge is -2.32. The molecule has 1 aliphatic heterocycles. The lowest BCUT2D eigenvalue weighted by Crippen LogP contribution is -2.50. The number of rotatable bonds is 4. The third kappa shape index (κ3) is 3.65. The molecule has 160 valence electrons. The number of aromatic nitrogens is 2. The Morgan fingerprint density at radius 1 is 1.23 bits per heavy atom. The summed E-state index contributed by atoms with van der Waals surface area (Å²) < 4.78 is 21.2. The number of halogens is 1. The van der Waals surface area contributed by atoms with Crippen LogP contribution in [0.2, 0.25) is 0 Å². The van der Waals surface area contributed by atoms with E-state index in [1.807, 2.05) is 19.9 Å². The highest BCUT2D eigenvalue weighted by Crippen LogP contribution is 2.40. The topological polar surface area (TPSA) is 85.2 Å². The first-order valence-corrected chi connectivity index (χ1v) is 9.85. The molecule has 2 heterocycles. The number of carbonyl (C=O) groups excluding carboxylic acids is 2. The van der Waals surface area contributed by atoms with Gasteiger partial charge < -0.3 is 15.4 Å². The van der Waals surface area contributed by atoms with Gasteiger partial charge in [-0.25, -0.2) is 4.39 Å². The first-order valence-electron chi connectivity index (χ1n) is 9.85. The number of nitrogens with one attached hydrogen (secondary N) is 2. The zero-order valence-electron chi connectivity index (χ0n) is 17.7. The molecule has 2 atom stereocenters. The minimum atomic E-state index is -0.948. The molecule has 1 aromatic heterocycles. The summed E-state index contributed by atoms with van der Waals surface area (Å²) in [4.78, 5) is 26.0. The van der Waals surface area contributed by atoms with Crippen molar-refractivity contribution in [2.45, 2.75) is 25.8 Å². The van der Waals surface area contributed by atoms with Crippen molar-refractivity contribution in [1.82, 2.24) is 15.1 Å². The van der Waals surface area contributed by atoms with Crippen molar-refractivity contribution < 1.29 is 18.7 Å². The van der Waals surface area contributed by atoms with Gasteiger partial charge in [0.1, 0.15) is 11.9 Å². The van der Waals surface area contributed by atoms with Crippen molar-refractivity contribution >= 4 is 17.6 Å². The highest BCUT2D eigenvalue weighted by Gasteiger charge is 2.41. The van der Waals surface area contributed by atoms with E-state index in [4.69, 9.17) is 4.74 Å². The van der Waals surface area contributed by atoms with Gasteiger partial charge in [0.2, 0.25) is 5.91 Å². The van der Waals surface area contributed by atoms with E-state index in [1.54, 1.807) is 36.0 Å². The first-order chi connectivity index (χ1) is 14.8. The lowest BCUT2D eigenvalue weighted by molar-refractivity contribution is -0.118. The molecular weight excluding hydrogens is 399 g/mol. The second-order valence-corrected chi connectivity index (χ2v) is 7.65. The van der Waals surface area contributed by atoms with Gasteiger partial charge in [0.15, 0.2) is 11.6 Å². The Morgan fingerprint density at radius 2 is 2.00 bits per heavy atom. The molecule has 0 saturated heterocycles. The van der Waals surface area contributed by atoms with Crippen molar-refractivity contribution in [3.63, 3.8) is 0 Å². The Labute approximate surface area is 179 Å². The normalized spacial score (nSPS) is 17.6. The third-order valence-corrected chi connectivity index (χ3v) is 5.54. The molecule has 3 aromatic rings. The van der Waals surface area contributed by atoms with Crippen molar-refractivity contribution in [1.29, 1.82) is 0 Å². The van der Waals surface area contributed by atoms with E-state index in [1.165, 1.54) is 19.2 Å². The fraction of sp³-hybridized carbons (Fsp3) is 0.261. The fourth-order valence-electron chi connectivity index (χ4n) is 4.10. The number of ether oxygens (including phenoxy) is 1. The molecule has 0 bridgehead atoms. The number of anilines is 1. The van der Waals surface area contributed by atoms with E-state index < -0.39 is 23.7 Å². The Bertz CT molecular complexity index is 1190. The smallest absolute Gasteiger partial charge is 0.251 e. The summed E-state index contributed by atoms with van der Waals surface area (Å²) in [6.07, 6.45) is 0. The summed E-state index contributed by atoms with van der Waals surface area (Å²) in [5, 5.41) is 10.1. The van der Waals surface area contributed by atoms with Crippen LogP contribution in [0.3, 0.4) is 0 Å². The van der Waals surface area contributed by atoms with E-state index in [9.17, 15) is 14.0 Å². The summed E-state index contributed by atoms with van der Waals surface area (Å²) in [6, 6.07) is 10.7. The minimum absolute atomic E-state index is 0.104. The number of amides is 2. The van der Waals surface area contributed by atoms with Crippen LogP contribution in [0.15, 0.2) is 42.5 Å². The molecule has 0 radical (unpaired) electrons. The second-order valence-electron chi connectivity index (χ2n) is 7.65. The molecule has 2 N–H and O–H groups in total. The average Bonchev–Trinajstić information content (AvgIpc) is 3.01. The fourth-order valence-corrected chi connectivity index (χ4v) is 4.10. The van der Waals surface area contributed by atoms with Crippen LogP contribution >= 0.6 is 0 Å². The molecule has 31 heavy (non-hydrogen) atoms. The molecule has 2 amide bonds. The minimum Gasteiger partial charge on any atom is -0.494 e. The van der Waals surface area contributed by atoms with Gasteiger partial charge in [-0.2, -0.15) is 5.10 Å². The van der Waals surface area contributed by atoms with Gasteiger partial charge >= 0.3 is 0 Å². The maximum atomic E-state index is 14.5. The summed E-state index contributed by atoms with van der Waals surface area (Å²) in [5.41, 5.74) is 3.34. The summed E-state index contributed by atoms with van der Waals surface area (Å²) in [7, 11) is 3.11. The standard InChI is InChI=1S/C23H23FN4O3/c1-12-6-5-7-15(10-12)22(29)25-20-19(14-8-9-17(31-4)16(24)11-14)18-13(2)27-28(3)21(18)26-23(20)30/h5-11,19-20H,1-4H3,(H,25,29)(H,26,30)/t19-,20+/m0/s1. The predicted octanol–water partition coefficient (Wildman–Crippen LogP) is 3.07. The molecule has 0 spiro atoms. The van der Waals surface area contributed by atoms with Gasteiger partial charge in [0.25, 0.3) is 5.91 Å². The van der Waals surface area contributed by atoms with Crippen molar-refractivity contribution in [2.75, 3.05) is 12.4 Å². The number of methoxy groups -OCH3 is 1. The monoisotopic (exact) mass is 422 g/mol. The molecule has 2 aromatic carbocycles. The summed E-state index contributed by atoms with van der Waals surface area (Å²) >= 11 is 0. The second kappa shape index (κ2) is 7.86. The van der Waals surface area contributed by atoms with Crippen LogP contribution in [0.4, 0.5) is 10.2 Å². The van der Waals surface area contributed by atoms with Gasteiger partial charge in [-0.15, -0.1) is 0 Å². The maximum absolute atomic E-state index is 14.5. The van der Waals surface area contributed by atoms with Crippen LogP contribution < -0.4 is 15.4 Å². The van der Waals surface area contributed by atoms with Crippen molar-refractivity contribution in [3.8, 4) is 5.75 Å². The van der Waals surface area contributed by atoms with Crippen molar-refractivity contribution in [2.24, 2.45) is 7.05 Å². The van der Waals surface area contributed by atoms with E-state index in [0.717, 1.165) is 11.1 Å². The molecule has 0 fully saturated rings. The Hall–Kier alpha value is -3.68. The van der Waals surface area contributed by atoms with E-state index in [-0.39, 0.29) is 11.7 Å². The number of carbonyl (C=O) groups is 2. The number of fused-ring (bicyclic) bond motifs is 1. The number of hydrogen-bond donors (Lipinski definition) is 2. The van der Waals surface area contributed by atoms with Crippen LogP contribution in [0, 0.1) is 19.7 Å². The zero-order valence-corrected chi connectivity index (χ0v) is 17.7. The van der Waals surface area contributed by atoms with E-state index in [2.05, 4.69) is 15.7 Å². The number of benzene rings is 2. The molecule has 7 nitrogen and oxygen atoms in total. The average molecular weight is 422 g/mol. The zero-order chi connectivity index (χ0) is 22.3. The van der Waals surface area contributed by atoms with Crippen molar-refractivity contribution in [3.05, 3.63) is 76.2 Å². The highest BCUT2D eigenvalue weighted by atomic mass is 19.1. The molecule has 0 saturated carbocycles.